The minimum Gasteiger partial charge on any atom is -0.230 e. The van der Waals surface area contributed by atoms with Crippen molar-refractivity contribution in [1.82, 2.24) is 10.6 Å². The molecule has 1 aliphatic rings. The van der Waals surface area contributed by atoms with Crippen molar-refractivity contribution in [1.29, 1.82) is 0 Å². The summed E-state index contributed by atoms with van der Waals surface area (Å²) in [7, 11) is 0.406. The second kappa shape index (κ2) is 1.13. The predicted molar refractivity (Wildman–Crippen MR) is 16.9 cm³/mol. The molecule has 0 saturated heterocycles. The molecule has 0 saturated carbocycles. The van der Waals surface area contributed by atoms with Gasteiger partial charge in [0.1, 0.15) is 0 Å². The number of nitrogens with zero attached hydrogens (tertiary/aromatic N) is 2. The first-order chi connectivity index (χ1) is 2.50. The second-order valence-electron chi connectivity index (χ2n) is 0.549. The van der Waals surface area contributed by atoms with Crippen LogP contribution in [0.15, 0.2) is 10.0 Å². The molecule has 0 aromatic carbocycles. The fourth-order valence-electron chi connectivity index (χ4n) is 0.125. The molecule has 1 aliphatic heterocycles. The van der Waals surface area contributed by atoms with E-state index in [4.69, 9.17) is 0 Å². The van der Waals surface area contributed by atoms with Crippen LogP contribution in [0, 0.1) is 0 Å². The lowest BCUT2D eigenvalue weighted by Gasteiger charge is -1.76. The van der Waals surface area contributed by atoms with E-state index < -0.39 is 0 Å². The Morgan fingerprint density at radius 3 is 2.80 bits per heavy atom. The quantitative estimate of drug-likeness (QED) is 0.371. The van der Waals surface area contributed by atoms with Crippen molar-refractivity contribution >= 4 is 9.84 Å². The molecule has 0 spiro atoms. The Balaban J connectivity index is 2.32. The Hall–Kier alpha value is -0.423. The van der Waals surface area contributed by atoms with E-state index in [-0.39, 0.29) is 0 Å². The lowest BCUT2D eigenvalue weighted by molar-refractivity contribution is 0.728. The van der Waals surface area contributed by atoms with Crippen LogP contribution >= 0.6 is 0 Å². The van der Waals surface area contributed by atoms with Crippen LogP contribution in [0.1, 0.15) is 0 Å². The standard InChI is InChI=1S/H2N4Si/c1-2-4-5-3-1/h(H,1,4)(H,2,3). The van der Waals surface area contributed by atoms with Crippen LogP contribution in [0.2, 0.25) is 0 Å². The Morgan fingerprint density at radius 2 is 2.60 bits per heavy atom. The highest BCUT2D eigenvalue weighted by Crippen LogP contribution is 1.65. The summed E-state index contributed by atoms with van der Waals surface area (Å²) in [5.41, 5.74) is 2.44. The van der Waals surface area contributed by atoms with Gasteiger partial charge in [-0.1, -0.05) is 5.22 Å². The van der Waals surface area contributed by atoms with Crippen LogP contribution in [-0.2, 0) is 0 Å². The topological polar surface area (TPSA) is 48.8 Å². The summed E-state index contributed by atoms with van der Waals surface area (Å²) in [6.07, 6.45) is 0. The minimum absolute atomic E-state index is 0.406. The summed E-state index contributed by atoms with van der Waals surface area (Å²) < 4.78 is 3.51. The largest absolute Gasteiger partial charge is 0.366 e. The summed E-state index contributed by atoms with van der Waals surface area (Å²) in [6, 6.07) is 0. The molecule has 5 heavy (non-hydrogen) atoms. The first-order valence-electron chi connectivity index (χ1n) is 1.15. The Labute approximate surface area is 31.6 Å². The third-order valence-corrected chi connectivity index (χ3v) is 0.685. The summed E-state index contributed by atoms with van der Waals surface area (Å²) in [6.45, 7) is 0. The number of rotatable bonds is 0. The highest BCUT2D eigenvalue weighted by molar-refractivity contribution is 6.29. The summed E-state index contributed by atoms with van der Waals surface area (Å²) >= 11 is 0. The van der Waals surface area contributed by atoms with Gasteiger partial charge >= 0.3 is 9.84 Å². The van der Waals surface area contributed by atoms with Crippen LogP contribution < -0.4 is 10.6 Å². The van der Waals surface area contributed by atoms with Crippen molar-refractivity contribution in [3.63, 3.8) is 0 Å². The van der Waals surface area contributed by atoms with Crippen LogP contribution in [0.5, 0.6) is 0 Å². The second-order valence-corrected chi connectivity index (χ2v) is 1.22. The van der Waals surface area contributed by atoms with E-state index in [1.807, 2.05) is 0 Å². The van der Waals surface area contributed by atoms with Crippen LogP contribution in [0.3, 0.4) is 0 Å². The predicted octanol–water partition coefficient (Wildman–Crippen LogP) is -1.00. The fraction of sp³-hybridized carbons (Fsp3) is 0. The van der Waals surface area contributed by atoms with Gasteiger partial charge in [0.05, 0.1) is 0 Å². The molecular formula is H2N4Si. The molecule has 0 unspecified atom stereocenters. The SMILES string of the molecule is N1=N[Si]NN1. The smallest absolute Gasteiger partial charge is 0.230 e. The highest BCUT2D eigenvalue weighted by atomic mass is 28.2. The number of hydrogen-bond acceptors (Lipinski definition) is 4. The third kappa shape index (κ3) is 0.425. The van der Waals surface area contributed by atoms with Gasteiger partial charge in [-0.15, -0.1) is 0 Å². The van der Waals surface area contributed by atoms with E-state index in [0.717, 1.165) is 0 Å². The molecule has 4 nitrogen and oxygen atoms in total. The van der Waals surface area contributed by atoms with E-state index in [0.29, 0.717) is 9.84 Å². The number of hydrazine groups is 1. The lowest BCUT2D eigenvalue weighted by Crippen LogP contribution is -2.22. The van der Waals surface area contributed by atoms with Gasteiger partial charge in [-0.05, 0) is 0 Å². The molecule has 0 amide bonds. The molecule has 0 aliphatic carbocycles. The zero-order valence-electron chi connectivity index (χ0n) is 2.39. The molecule has 0 bridgehead atoms. The molecule has 2 N–H and O–H groups in total. The van der Waals surface area contributed by atoms with Crippen molar-refractivity contribution in [3.8, 4) is 0 Å². The number of hydrogen-bond donors (Lipinski definition) is 2. The van der Waals surface area contributed by atoms with Gasteiger partial charge in [0, 0.05) is 0 Å². The molecule has 2 radical (unpaired) electrons. The first kappa shape index (κ1) is 2.80. The van der Waals surface area contributed by atoms with Crippen LogP contribution in [-0.4, -0.2) is 9.84 Å². The van der Waals surface area contributed by atoms with Gasteiger partial charge in [-0.25, -0.2) is 10.6 Å². The molecule has 0 fully saturated rings. The Kier molecular flexibility index (Phi) is 0.634. The normalized spacial score (nSPS) is 19.2. The summed E-state index contributed by atoms with van der Waals surface area (Å²) in [4.78, 5) is 0. The lowest BCUT2D eigenvalue weighted by atomic mass is 12.5. The maximum Gasteiger partial charge on any atom is 0.366 e. The zero-order chi connectivity index (χ0) is 3.54. The highest BCUT2D eigenvalue weighted by Gasteiger charge is 1.86. The van der Waals surface area contributed by atoms with Gasteiger partial charge in [0.2, 0.25) is 0 Å². The maximum absolute atomic E-state index is 3.51. The van der Waals surface area contributed by atoms with Gasteiger partial charge < -0.3 is 0 Å². The van der Waals surface area contributed by atoms with Crippen molar-refractivity contribution in [2.45, 2.75) is 0 Å². The molecule has 26 valence electrons. The van der Waals surface area contributed by atoms with Crippen molar-refractivity contribution in [3.05, 3.63) is 0 Å². The van der Waals surface area contributed by atoms with Gasteiger partial charge in [0.25, 0.3) is 0 Å². The van der Waals surface area contributed by atoms with Crippen molar-refractivity contribution in [2.75, 3.05) is 0 Å². The van der Waals surface area contributed by atoms with Crippen molar-refractivity contribution in [2.24, 2.45) is 10.0 Å². The molecular weight excluding hydrogens is 84.1 g/mol. The third-order valence-electron chi connectivity index (χ3n) is 0.262. The van der Waals surface area contributed by atoms with Crippen LogP contribution in [0.25, 0.3) is 0 Å². The molecule has 5 heteroatoms. The van der Waals surface area contributed by atoms with E-state index in [9.17, 15) is 0 Å². The number of nitrogens with one attached hydrogen (secondary N) is 2. The minimum atomic E-state index is 0.406. The van der Waals surface area contributed by atoms with Gasteiger partial charge in [0.15, 0.2) is 0 Å². The molecule has 0 aromatic heterocycles. The average molecular weight is 86.1 g/mol. The first-order valence-corrected chi connectivity index (χ1v) is 2.09. The maximum atomic E-state index is 3.51. The summed E-state index contributed by atoms with van der Waals surface area (Å²) in [5.74, 6) is 0. The summed E-state index contributed by atoms with van der Waals surface area (Å²) in [5, 5.41) is 6.03. The van der Waals surface area contributed by atoms with E-state index >= 15 is 0 Å². The van der Waals surface area contributed by atoms with E-state index in [1.54, 1.807) is 0 Å². The molecule has 1 heterocycles. The molecule has 0 atom stereocenters. The fourth-order valence-corrected chi connectivity index (χ4v) is 0.375. The Morgan fingerprint density at radius 1 is 1.60 bits per heavy atom. The Bertz CT molecular complexity index is 41.6. The monoisotopic (exact) mass is 86.0 g/mol. The van der Waals surface area contributed by atoms with Gasteiger partial charge in [-0.2, -0.15) is 4.78 Å². The molecule has 0 aromatic rings. The van der Waals surface area contributed by atoms with Gasteiger partial charge in [-0.3, -0.25) is 0 Å². The van der Waals surface area contributed by atoms with E-state index in [2.05, 4.69) is 20.6 Å². The average Bonchev–Trinajstić information content (AvgIpc) is 1.76. The van der Waals surface area contributed by atoms with Crippen molar-refractivity contribution < 1.29 is 0 Å². The molecule has 1 rings (SSSR count). The zero-order valence-corrected chi connectivity index (χ0v) is 3.39. The van der Waals surface area contributed by atoms with Crippen LogP contribution in [0.4, 0.5) is 0 Å². The van der Waals surface area contributed by atoms with E-state index in [1.165, 1.54) is 0 Å².